The molecule has 2 heterocycles. The van der Waals surface area contributed by atoms with Crippen molar-refractivity contribution in [3.8, 4) is 5.75 Å². The minimum Gasteiger partial charge on any atom is -0.497 e. The van der Waals surface area contributed by atoms with Crippen LogP contribution in [-0.4, -0.2) is 18.2 Å². The van der Waals surface area contributed by atoms with Crippen molar-refractivity contribution in [3.05, 3.63) is 35.9 Å². The lowest BCUT2D eigenvalue weighted by Gasteiger charge is -2.18. The van der Waals surface area contributed by atoms with Crippen molar-refractivity contribution in [2.75, 3.05) is 13.7 Å². The Bertz CT molecular complexity index is 690. The smallest absolute Gasteiger partial charge is 0.119 e. The molecule has 2 aliphatic rings. The van der Waals surface area contributed by atoms with Crippen molar-refractivity contribution < 1.29 is 4.74 Å². The predicted octanol–water partition coefficient (Wildman–Crippen LogP) is 4.28. The normalized spacial score (nSPS) is 17.8. The number of hydrogen-bond donors (Lipinski definition) is 1. The number of benzene rings is 1. The van der Waals surface area contributed by atoms with Gasteiger partial charge in [-0.3, -0.25) is 0 Å². The molecular formula is C19H26ClN2O. The van der Waals surface area contributed by atoms with Crippen molar-refractivity contribution in [2.24, 2.45) is 5.92 Å². The van der Waals surface area contributed by atoms with Crippen LogP contribution < -0.4 is 10.1 Å². The highest BCUT2D eigenvalue weighted by Gasteiger charge is 2.28. The summed E-state index contributed by atoms with van der Waals surface area (Å²) in [6, 6.07) is 6.87. The van der Waals surface area contributed by atoms with Crippen LogP contribution in [-0.2, 0) is 13.0 Å². The quantitative estimate of drug-likeness (QED) is 0.853. The zero-order valence-corrected chi connectivity index (χ0v) is 14.8. The molecule has 2 aromatic rings. The van der Waals surface area contributed by atoms with Gasteiger partial charge in [0, 0.05) is 29.2 Å². The maximum atomic E-state index is 5.46. The molecule has 0 unspecified atom stereocenters. The van der Waals surface area contributed by atoms with Crippen LogP contribution in [0, 0.1) is 12.3 Å². The fourth-order valence-electron chi connectivity index (χ4n) is 3.82. The van der Waals surface area contributed by atoms with Crippen LogP contribution >= 0.6 is 12.4 Å². The van der Waals surface area contributed by atoms with Crippen molar-refractivity contribution >= 4 is 23.3 Å². The van der Waals surface area contributed by atoms with Gasteiger partial charge >= 0.3 is 0 Å². The summed E-state index contributed by atoms with van der Waals surface area (Å²) >= 11 is 0. The first-order valence-corrected chi connectivity index (χ1v) is 8.53. The van der Waals surface area contributed by atoms with Crippen LogP contribution in [0.25, 0.3) is 10.9 Å². The molecular weight excluding hydrogens is 308 g/mol. The molecule has 1 aliphatic heterocycles. The van der Waals surface area contributed by atoms with Gasteiger partial charge in [0.2, 0.25) is 0 Å². The summed E-state index contributed by atoms with van der Waals surface area (Å²) in [4.78, 5) is 0. The Morgan fingerprint density at radius 3 is 2.91 bits per heavy atom. The maximum Gasteiger partial charge on any atom is 0.119 e. The van der Waals surface area contributed by atoms with Crippen LogP contribution in [0.4, 0.5) is 0 Å². The minimum atomic E-state index is 0. The molecule has 23 heavy (non-hydrogen) atoms. The van der Waals surface area contributed by atoms with Gasteiger partial charge in [0.1, 0.15) is 5.75 Å². The third-order valence-electron chi connectivity index (χ3n) is 5.18. The summed E-state index contributed by atoms with van der Waals surface area (Å²) in [7, 11) is 1.75. The predicted molar refractivity (Wildman–Crippen MR) is 97.5 cm³/mol. The Balaban J connectivity index is 0.00000156. The molecule has 1 aliphatic carbocycles. The van der Waals surface area contributed by atoms with E-state index in [9.17, 15) is 0 Å². The molecule has 0 saturated heterocycles. The van der Waals surface area contributed by atoms with Gasteiger partial charge in [-0.15, -0.1) is 12.4 Å². The molecule has 3 nitrogen and oxygen atoms in total. The van der Waals surface area contributed by atoms with Gasteiger partial charge in [0.25, 0.3) is 0 Å². The Kier molecular flexibility index (Phi) is 4.88. The van der Waals surface area contributed by atoms with E-state index in [1.807, 2.05) is 0 Å². The van der Waals surface area contributed by atoms with Crippen LogP contribution in [0.15, 0.2) is 18.2 Å². The number of halogens is 1. The van der Waals surface area contributed by atoms with E-state index in [1.54, 1.807) is 7.11 Å². The number of methoxy groups -OCH3 is 1. The molecule has 0 spiro atoms. The molecule has 4 rings (SSSR count). The first-order valence-electron chi connectivity index (χ1n) is 8.53. The first kappa shape index (κ1) is 16.7. The van der Waals surface area contributed by atoms with Gasteiger partial charge < -0.3 is 14.6 Å². The van der Waals surface area contributed by atoms with E-state index < -0.39 is 0 Å². The zero-order chi connectivity index (χ0) is 15.1. The number of ether oxygens (including phenoxy) is 1. The number of fused-ring (bicyclic) bond motifs is 3. The van der Waals surface area contributed by atoms with Crippen LogP contribution in [0.2, 0.25) is 0 Å². The summed E-state index contributed by atoms with van der Waals surface area (Å²) in [6.07, 6.45) is 7.57. The number of nitrogens with one attached hydrogen (secondary N) is 1. The number of rotatable bonds is 6. The molecule has 1 aromatic carbocycles. The molecule has 1 atom stereocenters. The average molecular weight is 334 g/mol. The van der Waals surface area contributed by atoms with E-state index >= 15 is 0 Å². The topological polar surface area (TPSA) is 26.2 Å². The third kappa shape index (κ3) is 2.97. The molecule has 4 heteroatoms. The van der Waals surface area contributed by atoms with Crippen LogP contribution in [0.5, 0.6) is 5.75 Å². The third-order valence-corrected chi connectivity index (χ3v) is 5.18. The summed E-state index contributed by atoms with van der Waals surface area (Å²) < 4.78 is 7.97. The Labute approximate surface area is 144 Å². The maximum absolute atomic E-state index is 5.46. The van der Waals surface area contributed by atoms with Crippen LogP contribution in [0.1, 0.15) is 43.5 Å². The lowest BCUT2D eigenvalue weighted by Crippen LogP contribution is -2.24. The molecule has 1 radical (unpaired) electrons. The number of aryl methyl sites for hydroxylation is 1. The van der Waals surface area contributed by atoms with Gasteiger partial charge in [0.15, 0.2) is 0 Å². The van der Waals surface area contributed by atoms with Gasteiger partial charge in [-0.1, -0.05) is 6.92 Å². The molecule has 1 N–H and O–H groups in total. The first-order chi connectivity index (χ1) is 10.8. The van der Waals surface area contributed by atoms with Crippen molar-refractivity contribution in [2.45, 2.75) is 45.2 Å². The summed E-state index contributed by atoms with van der Waals surface area (Å²) in [5, 5.41) is 5.14. The number of hydrogen-bond acceptors (Lipinski definition) is 2. The monoisotopic (exact) mass is 333 g/mol. The molecule has 125 valence electrons. The van der Waals surface area contributed by atoms with Gasteiger partial charge in [0.05, 0.1) is 7.11 Å². The fourth-order valence-corrected chi connectivity index (χ4v) is 3.82. The van der Waals surface area contributed by atoms with Gasteiger partial charge in [-0.2, -0.15) is 0 Å². The Morgan fingerprint density at radius 1 is 1.39 bits per heavy atom. The average Bonchev–Trinajstić information content (AvgIpc) is 3.17. The van der Waals surface area contributed by atoms with E-state index in [0.29, 0.717) is 6.04 Å². The van der Waals surface area contributed by atoms with E-state index in [2.05, 4.69) is 41.4 Å². The second-order valence-corrected chi connectivity index (χ2v) is 6.66. The minimum absolute atomic E-state index is 0. The summed E-state index contributed by atoms with van der Waals surface area (Å²) in [5.74, 6) is 1.86. The summed E-state index contributed by atoms with van der Waals surface area (Å²) in [5.41, 5.74) is 4.37. The highest BCUT2D eigenvalue weighted by atomic mass is 35.5. The molecule has 0 amide bonds. The van der Waals surface area contributed by atoms with E-state index in [0.717, 1.165) is 24.8 Å². The number of aromatic nitrogens is 1. The highest BCUT2D eigenvalue weighted by Crippen LogP contribution is 2.38. The molecule has 0 bridgehead atoms. The SMILES string of the molecule is C[CH][C@H](NCC1CC1)c1c2n(c3ccc(OC)cc13)CCC2.Cl. The Morgan fingerprint density at radius 2 is 2.22 bits per heavy atom. The van der Waals surface area contributed by atoms with Gasteiger partial charge in [-0.05, 0) is 68.3 Å². The van der Waals surface area contributed by atoms with Crippen molar-refractivity contribution in [1.29, 1.82) is 0 Å². The molecule has 1 saturated carbocycles. The van der Waals surface area contributed by atoms with Gasteiger partial charge in [-0.25, -0.2) is 0 Å². The van der Waals surface area contributed by atoms with E-state index in [-0.39, 0.29) is 12.4 Å². The lowest BCUT2D eigenvalue weighted by atomic mass is 9.98. The standard InChI is InChI=1S/C19H25N2O.ClH/c1-3-16(20-12-13-6-7-13)19-15-11-14(22-2)8-9-17(15)21-10-4-5-18(19)21;/h3,8-9,11,13,16,20H,4-7,10,12H2,1-2H3;1H/t16-;/m0./s1. The van der Waals surface area contributed by atoms with Crippen molar-refractivity contribution in [3.63, 3.8) is 0 Å². The van der Waals surface area contributed by atoms with Crippen molar-refractivity contribution in [1.82, 2.24) is 9.88 Å². The fraction of sp³-hybridized carbons (Fsp3) is 0.526. The second kappa shape index (κ2) is 6.74. The highest BCUT2D eigenvalue weighted by molar-refractivity contribution is 5.88. The summed E-state index contributed by atoms with van der Waals surface area (Å²) in [6.45, 7) is 4.47. The lowest BCUT2D eigenvalue weighted by molar-refractivity contribution is 0.415. The molecule has 1 aromatic heterocycles. The largest absolute Gasteiger partial charge is 0.497 e. The zero-order valence-electron chi connectivity index (χ0n) is 14.0. The van der Waals surface area contributed by atoms with E-state index in [4.69, 9.17) is 4.74 Å². The van der Waals surface area contributed by atoms with E-state index in [1.165, 1.54) is 47.8 Å². The second-order valence-electron chi connectivity index (χ2n) is 6.66. The Hall–Kier alpha value is -1.19. The number of nitrogens with zero attached hydrogens (tertiary/aromatic N) is 1. The van der Waals surface area contributed by atoms with Crippen LogP contribution in [0.3, 0.4) is 0 Å². The molecule has 1 fully saturated rings.